The third kappa shape index (κ3) is 2.51. The number of nitrogen functional groups attached to an aromatic ring is 1. The number of nitrogens with two attached hydrogens (primary N) is 1. The number of halogens is 1. The molecule has 0 aliphatic rings. The van der Waals surface area contributed by atoms with Crippen molar-refractivity contribution in [1.29, 1.82) is 0 Å². The first kappa shape index (κ1) is 12.6. The third-order valence-electron chi connectivity index (χ3n) is 3.05. The molecule has 2 aromatic carbocycles. The largest absolute Gasteiger partial charge is 0.398 e. The molecular weight excluding hydrogens is 229 g/mol. The number of benzene rings is 2. The number of aryl methyl sites for hydroxylation is 1. The fraction of sp³-hybridized carbons (Fsp3) is 0.200. The van der Waals surface area contributed by atoms with Gasteiger partial charge in [0.1, 0.15) is 11.9 Å². The van der Waals surface area contributed by atoms with Gasteiger partial charge in [0.25, 0.3) is 0 Å². The molecule has 0 aromatic heterocycles. The summed E-state index contributed by atoms with van der Waals surface area (Å²) in [5, 5.41) is 10.2. The predicted octanol–water partition coefficient (Wildman–Crippen LogP) is 3.05. The summed E-state index contributed by atoms with van der Waals surface area (Å²) in [6.45, 7) is 2.07. The van der Waals surface area contributed by atoms with E-state index in [9.17, 15) is 9.50 Å². The Morgan fingerprint density at radius 2 is 1.83 bits per heavy atom. The highest BCUT2D eigenvalue weighted by Crippen LogP contribution is 2.27. The monoisotopic (exact) mass is 245 g/mol. The van der Waals surface area contributed by atoms with Gasteiger partial charge < -0.3 is 10.8 Å². The molecule has 1 unspecified atom stereocenters. The highest BCUT2D eigenvalue weighted by Gasteiger charge is 2.14. The summed E-state index contributed by atoms with van der Waals surface area (Å²) >= 11 is 0. The number of hydrogen-bond acceptors (Lipinski definition) is 2. The highest BCUT2D eigenvalue weighted by molar-refractivity contribution is 5.50. The molecule has 94 valence electrons. The second-order valence-corrected chi connectivity index (χ2v) is 4.27. The summed E-state index contributed by atoms with van der Waals surface area (Å²) in [7, 11) is 0. The van der Waals surface area contributed by atoms with E-state index < -0.39 is 11.9 Å². The van der Waals surface area contributed by atoms with E-state index in [4.69, 9.17) is 5.73 Å². The van der Waals surface area contributed by atoms with Crippen molar-refractivity contribution < 1.29 is 9.50 Å². The number of hydrogen-bond donors (Lipinski definition) is 2. The minimum atomic E-state index is -0.897. The van der Waals surface area contributed by atoms with Gasteiger partial charge >= 0.3 is 0 Å². The number of aliphatic hydroxyl groups excluding tert-OH is 1. The normalized spacial score (nSPS) is 12.4. The van der Waals surface area contributed by atoms with E-state index in [1.165, 1.54) is 23.8 Å². The molecule has 0 aliphatic carbocycles. The van der Waals surface area contributed by atoms with Crippen LogP contribution in [0.4, 0.5) is 10.1 Å². The lowest BCUT2D eigenvalue weighted by atomic mass is 9.98. The van der Waals surface area contributed by atoms with E-state index in [1.54, 1.807) is 0 Å². The standard InChI is InChI=1S/C15H16FNO/c1-2-10-3-5-11(6-4-10)15(18)13-9-12(16)7-8-14(13)17/h3-9,15,18H,2,17H2,1H3. The lowest BCUT2D eigenvalue weighted by Gasteiger charge is -2.14. The molecule has 0 bridgehead atoms. The van der Waals surface area contributed by atoms with Gasteiger partial charge in [-0.25, -0.2) is 4.39 Å². The lowest BCUT2D eigenvalue weighted by molar-refractivity contribution is 0.220. The van der Waals surface area contributed by atoms with Gasteiger partial charge in [-0.3, -0.25) is 0 Å². The fourth-order valence-electron chi connectivity index (χ4n) is 1.90. The second-order valence-electron chi connectivity index (χ2n) is 4.27. The number of aliphatic hydroxyl groups is 1. The zero-order valence-corrected chi connectivity index (χ0v) is 10.2. The van der Waals surface area contributed by atoms with Crippen LogP contribution in [0.2, 0.25) is 0 Å². The Bertz CT molecular complexity index is 537. The molecule has 2 nitrogen and oxygen atoms in total. The molecule has 2 aromatic rings. The number of anilines is 1. The van der Waals surface area contributed by atoms with Gasteiger partial charge in [-0.2, -0.15) is 0 Å². The van der Waals surface area contributed by atoms with Gasteiger partial charge in [0.15, 0.2) is 0 Å². The Labute approximate surface area is 106 Å². The van der Waals surface area contributed by atoms with Crippen LogP contribution in [0.3, 0.4) is 0 Å². The second kappa shape index (κ2) is 5.19. The van der Waals surface area contributed by atoms with Gasteiger partial charge in [0.2, 0.25) is 0 Å². The van der Waals surface area contributed by atoms with Crippen LogP contribution in [0.1, 0.15) is 29.7 Å². The predicted molar refractivity (Wildman–Crippen MR) is 70.7 cm³/mol. The van der Waals surface area contributed by atoms with Crippen LogP contribution in [0.15, 0.2) is 42.5 Å². The zero-order chi connectivity index (χ0) is 13.1. The van der Waals surface area contributed by atoms with E-state index in [0.29, 0.717) is 16.8 Å². The van der Waals surface area contributed by atoms with Crippen molar-refractivity contribution in [3.63, 3.8) is 0 Å². The number of rotatable bonds is 3. The maximum absolute atomic E-state index is 13.2. The Morgan fingerprint density at radius 3 is 2.44 bits per heavy atom. The topological polar surface area (TPSA) is 46.2 Å². The molecule has 3 N–H and O–H groups in total. The van der Waals surface area contributed by atoms with Gasteiger partial charge in [-0.05, 0) is 35.7 Å². The highest BCUT2D eigenvalue weighted by atomic mass is 19.1. The average molecular weight is 245 g/mol. The summed E-state index contributed by atoms with van der Waals surface area (Å²) in [6, 6.07) is 11.6. The van der Waals surface area contributed by atoms with E-state index >= 15 is 0 Å². The minimum Gasteiger partial charge on any atom is -0.398 e. The fourth-order valence-corrected chi connectivity index (χ4v) is 1.90. The van der Waals surface area contributed by atoms with Crippen molar-refractivity contribution in [3.05, 3.63) is 65.0 Å². The van der Waals surface area contributed by atoms with Gasteiger partial charge in [0.05, 0.1) is 0 Å². The van der Waals surface area contributed by atoms with Gasteiger partial charge in [-0.15, -0.1) is 0 Å². The molecule has 0 heterocycles. The summed E-state index contributed by atoms with van der Waals surface area (Å²) in [5.41, 5.74) is 8.46. The van der Waals surface area contributed by atoms with Crippen molar-refractivity contribution in [3.8, 4) is 0 Å². The maximum atomic E-state index is 13.2. The van der Waals surface area contributed by atoms with Crippen LogP contribution in [-0.2, 0) is 6.42 Å². The minimum absolute atomic E-state index is 0.392. The Kier molecular flexibility index (Phi) is 3.63. The SMILES string of the molecule is CCc1ccc(C(O)c2cc(F)ccc2N)cc1. The van der Waals surface area contributed by atoms with Crippen molar-refractivity contribution in [1.82, 2.24) is 0 Å². The molecule has 1 atom stereocenters. The van der Waals surface area contributed by atoms with Crippen LogP contribution < -0.4 is 5.73 Å². The zero-order valence-electron chi connectivity index (χ0n) is 10.2. The first-order chi connectivity index (χ1) is 8.61. The molecule has 3 heteroatoms. The van der Waals surface area contributed by atoms with E-state index in [-0.39, 0.29) is 0 Å². The molecule has 0 fully saturated rings. The average Bonchev–Trinajstić information content (AvgIpc) is 2.41. The molecule has 0 saturated carbocycles. The molecule has 18 heavy (non-hydrogen) atoms. The Morgan fingerprint density at radius 1 is 1.17 bits per heavy atom. The molecule has 0 saturated heterocycles. The van der Waals surface area contributed by atoms with Crippen LogP contribution in [0, 0.1) is 5.82 Å². The maximum Gasteiger partial charge on any atom is 0.123 e. The molecule has 0 spiro atoms. The van der Waals surface area contributed by atoms with E-state index in [0.717, 1.165) is 6.42 Å². The van der Waals surface area contributed by atoms with Gasteiger partial charge in [-0.1, -0.05) is 31.2 Å². The summed E-state index contributed by atoms with van der Waals surface area (Å²) in [4.78, 5) is 0. The molecule has 2 rings (SSSR count). The van der Waals surface area contributed by atoms with Crippen molar-refractivity contribution in [2.75, 3.05) is 5.73 Å². The van der Waals surface area contributed by atoms with Crippen LogP contribution >= 0.6 is 0 Å². The molecular formula is C15H16FNO. The van der Waals surface area contributed by atoms with Gasteiger partial charge in [0, 0.05) is 11.3 Å². The summed E-state index contributed by atoms with van der Waals surface area (Å²) in [6.07, 6.45) is 0.0463. The smallest absolute Gasteiger partial charge is 0.123 e. The van der Waals surface area contributed by atoms with Crippen molar-refractivity contribution in [2.24, 2.45) is 0 Å². The molecule has 0 radical (unpaired) electrons. The first-order valence-corrected chi connectivity index (χ1v) is 5.93. The first-order valence-electron chi connectivity index (χ1n) is 5.93. The van der Waals surface area contributed by atoms with Crippen LogP contribution in [0.5, 0.6) is 0 Å². The third-order valence-corrected chi connectivity index (χ3v) is 3.05. The summed E-state index contributed by atoms with van der Waals surface area (Å²) in [5.74, 6) is -0.400. The van der Waals surface area contributed by atoms with Crippen molar-refractivity contribution in [2.45, 2.75) is 19.4 Å². The van der Waals surface area contributed by atoms with Crippen LogP contribution in [-0.4, -0.2) is 5.11 Å². The quantitative estimate of drug-likeness (QED) is 0.816. The molecule has 0 amide bonds. The van der Waals surface area contributed by atoms with Crippen molar-refractivity contribution >= 4 is 5.69 Å². The summed E-state index contributed by atoms with van der Waals surface area (Å²) < 4.78 is 13.2. The lowest BCUT2D eigenvalue weighted by Crippen LogP contribution is -2.04. The van der Waals surface area contributed by atoms with E-state index in [2.05, 4.69) is 6.92 Å². The Balaban J connectivity index is 2.34. The van der Waals surface area contributed by atoms with E-state index in [1.807, 2.05) is 24.3 Å². The molecule has 0 aliphatic heterocycles. The van der Waals surface area contributed by atoms with Crippen LogP contribution in [0.25, 0.3) is 0 Å². The Hall–Kier alpha value is -1.87.